The summed E-state index contributed by atoms with van der Waals surface area (Å²) in [6.07, 6.45) is 15.2. The summed E-state index contributed by atoms with van der Waals surface area (Å²) in [5.74, 6) is 0.683. The van der Waals surface area contributed by atoms with Crippen molar-refractivity contribution in [3.8, 4) is 5.75 Å². The van der Waals surface area contributed by atoms with Gasteiger partial charge in [0.25, 0.3) is 0 Å². The SMILES string of the molecule is CCOC(=O)/C=C/c1cccc(OC(=O)[C@@]2(C)CC[C@]3(C)CC[C@]4(C)C(=CC(=O)[C@@H]5[C@@]6(C)CC[C@H](OC(=O)[C@@H](N)CCSC)C(C)(C)[C@@H]6CC[C@]54C)[C@H]3C2)c1. The molecule has 0 saturated heterocycles. The fourth-order valence-electron chi connectivity index (χ4n) is 12.4. The first-order valence-electron chi connectivity index (χ1n) is 20.7. The van der Waals surface area contributed by atoms with E-state index in [1.165, 1.54) is 11.6 Å². The third kappa shape index (κ3) is 7.16. The number of allylic oxidation sites excluding steroid dienone is 2. The van der Waals surface area contributed by atoms with Crippen LogP contribution in [0.25, 0.3) is 6.08 Å². The van der Waals surface area contributed by atoms with Crippen LogP contribution < -0.4 is 10.5 Å². The molecule has 6 rings (SSSR count). The minimum atomic E-state index is -0.720. The van der Waals surface area contributed by atoms with Crippen LogP contribution >= 0.6 is 11.8 Å². The van der Waals surface area contributed by atoms with E-state index in [4.69, 9.17) is 19.9 Å². The number of fused-ring (bicyclic) bond motifs is 7. The minimum absolute atomic E-state index is 0.00584. The second kappa shape index (κ2) is 15.1. The normalized spacial score (nSPS) is 38.4. The molecule has 4 saturated carbocycles. The molecule has 0 aromatic heterocycles. The van der Waals surface area contributed by atoms with Crippen molar-refractivity contribution in [2.24, 2.45) is 56.0 Å². The van der Waals surface area contributed by atoms with E-state index in [9.17, 15) is 19.2 Å². The lowest BCUT2D eigenvalue weighted by Gasteiger charge is -2.70. The van der Waals surface area contributed by atoms with E-state index in [0.717, 1.165) is 62.7 Å². The maximum absolute atomic E-state index is 14.9. The van der Waals surface area contributed by atoms with Gasteiger partial charge in [-0.1, -0.05) is 59.2 Å². The summed E-state index contributed by atoms with van der Waals surface area (Å²) in [6, 6.07) is 6.59. The zero-order chi connectivity index (χ0) is 40.2. The van der Waals surface area contributed by atoms with Crippen molar-refractivity contribution in [2.75, 3.05) is 18.6 Å². The summed E-state index contributed by atoms with van der Waals surface area (Å²) >= 11 is 1.68. The van der Waals surface area contributed by atoms with Crippen LogP contribution in [0.2, 0.25) is 0 Å². The molecular weight excluding hydrogens is 711 g/mol. The van der Waals surface area contributed by atoms with Crippen LogP contribution in [0.5, 0.6) is 5.75 Å². The van der Waals surface area contributed by atoms with Crippen molar-refractivity contribution in [2.45, 2.75) is 132 Å². The smallest absolute Gasteiger partial charge is 0.330 e. The summed E-state index contributed by atoms with van der Waals surface area (Å²) in [5, 5.41) is 0. The monoisotopic (exact) mass is 775 g/mol. The molecule has 0 heterocycles. The quantitative estimate of drug-likeness (QED) is 0.141. The summed E-state index contributed by atoms with van der Waals surface area (Å²) in [5.41, 5.74) is 6.52. The maximum atomic E-state index is 14.9. The Balaban J connectivity index is 1.25. The van der Waals surface area contributed by atoms with E-state index in [0.29, 0.717) is 25.2 Å². The van der Waals surface area contributed by atoms with Crippen LogP contribution in [-0.4, -0.2) is 54.5 Å². The van der Waals surface area contributed by atoms with Gasteiger partial charge in [-0.05, 0) is 153 Å². The van der Waals surface area contributed by atoms with Crippen molar-refractivity contribution in [3.05, 3.63) is 47.6 Å². The Hall–Kier alpha value is -2.91. The van der Waals surface area contributed by atoms with Crippen molar-refractivity contribution in [1.82, 2.24) is 0 Å². The second-order valence-electron chi connectivity index (χ2n) is 19.5. The molecule has 1 aromatic carbocycles. The second-order valence-corrected chi connectivity index (χ2v) is 20.5. The number of benzene rings is 1. The molecule has 4 fully saturated rings. The van der Waals surface area contributed by atoms with Gasteiger partial charge in [-0.15, -0.1) is 0 Å². The van der Waals surface area contributed by atoms with Crippen molar-refractivity contribution < 1.29 is 33.4 Å². The molecular formula is C46H65NO7S. The van der Waals surface area contributed by atoms with Gasteiger partial charge in [-0.2, -0.15) is 11.8 Å². The van der Waals surface area contributed by atoms with E-state index >= 15 is 0 Å². The number of thioether (sulfide) groups is 1. The average Bonchev–Trinajstić information content (AvgIpc) is 3.12. The standard InChI is InChI=1S/C46H65NO7S/c1-10-52-37(49)15-14-29-12-11-13-30(26-29)53-40(51)43(5)22-21-42(4)23-24-45(7)31(32(42)28-43)27-34(48)38-44(6)19-17-36(54-39(50)33(47)18-25-55-9)41(2,3)35(44)16-20-46(38,45)8/h11-15,26-27,32-33,35-36,38H,10,16-25,28,47H2,1-9H3/b15-14+/t32-,33+,35+,36+,38-,42-,43+,44+,45-,46-/m1/s1. The van der Waals surface area contributed by atoms with E-state index in [2.05, 4.69) is 41.5 Å². The van der Waals surface area contributed by atoms with Gasteiger partial charge in [0, 0.05) is 17.4 Å². The number of ketones is 1. The molecule has 8 nitrogen and oxygen atoms in total. The molecule has 10 atom stereocenters. The number of esters is 3. The van der Waals surface area contributed by atoms with Crippen LogP contribution in [0.15, 0.2) is 42.0 Å². The molecule has 5 aliphatic carbocycles. The summed E-state index contributed by atoms with van der Waals surface area (Å²) < 4.78 is 17.3. The number of rotatable bonds is 10. The van der Waals surface area contributed by atoms with Crippen LogP contribution in [0, 0.1) is 50.2 Å². The third-order valence-corrected chi connectivity index (χ3v) is 16.6. The molecule has 0 bridgehead atoms. The molecule has 0 unspecified atom stereocenters. The van der Waals surface area contributed by atoms with Gasteiger partial charge >= 0.3 is 17.9 Å². The zero-order valence-electron chi connectivity index (χ0n) is 34.8. The zero-order valence-corrected chi connectivity index (χ0v) is 35.6. The lowest BCUT2D eigenvalue weighted by Crippen LogP contribution is -2.67. The molecule has 9 heteroatoms. The Morgan fingerprint density at radius 3 is 2.42 bits per heavy atom. The summed E-state index contributed by atoms with van der Waals surface area (Å²) in [6.45, 7) is 18.1. The van der Waals surface area contributed by atoms with E-state index in [1.54, 1.807) is 36.9 Å². The van der Waals surface area contributed by atoms with E-state index in [-0.39, 0.29) is 68.7 Å². The molecule has 5 aliphatic rings. The Morgan fingerprint density at radius 2 is 1.71 bits per heavy atom. The van der Waals surface area contributed by atoms with Crippen molar-refractivity contribution in [3.63, 3.8) is 0 Å². The molecule has 55 heavy (non-hydrogen) atoms. The molecule has 0 amide bonds. The van der Waals surface area contributed by atoms with E-state index < -0.39 is 17.4 Å². The lowest BCUT2D eigenvalue weighted by atomic mass is 9.33. The third-order valence-electron chi connectivity index (χ3n) is 16.0. The fourth-order valence-corrected chi connectivity index (χ4v) is 12.9. The van der Waals surface area contributed by atoms with Crippen molar-refractivity contribution in [1.29, 1.82) is 0 Å². The fraction of sp³-hybridized carbons (Fsp3) is 0.696. The molecule has 0 spiro atoms. The highest BCUT2D eigenvalue weighted by molar-refractivity contribution is 7.98. The first-order valence-corrected chi connectivity index (χ1v) is 22.1. The predicted molar refractivity (Wildman–Crippen MR) is 218 cm³/mol. The Kier molecular flexibility index (Phi) is 11.5. The van der Waals surface area contributed by atoms with Crippen LogP contribution in [0.4, 0.5) is 0 Å². The van der Waals surface area contributed by atoms with Gasteiger partial charge < -0.3 is 19.9 Å². The largest absolute Gasteiger partial charge is 0.463 e. The highest BCUT2D eigenvalue weighted by atomic mass is 32.2. The molecule has 0 aliphatic heterocycles. The van der Waals surface area contributed by atoms with Gasteiger partial charge in [-0.25, -0.2) is 4.79 Å². The number of ether oxygens (including phenoxy) is 3. The van der Waals surface area contributed by atoms with E-state index in [1.807, 2.05) is 31.4 Å². The summed E-state index contributed by atoms with van der Waals surface area (Å²) in [7, 11) is 0. The summed E-state index contributed by atoms with van der Waals surface area (Å²) in [4.78, 5) is 54.0. The molecule has 2 N–H and O–H groups in total. The number of carbonyl (C=O) groups excluding carboxylic acids is 4. The Bertz CT molecular complexity index is 1750. The van der Waals surface area contributed by atoms with Crippen LogP contribution in [0.3, 0.4) is 0 Å². The number of hydrogen-bond donors (Lipinski definition) is 1. The van der Waals surface area contributed by atoms with Gasteiger partial charge in [0.05, 0.1) is 12.0 Å². The minimum Gasteiger partial charge on any atom is -0.463 e. The lowest BCUT2D eigenvalue weighted by molar-refractivity contribution is -0.211. The first-order chi connectivity index (χ1) is 25.8. The highest BCUT2D eigenvalue weighted by Crippen LogP contribution is 2.75. The topological polar surface area (TPSA) is 122 Å². The van der Waals surface area contributed by atoms with Crippen LogP contribution in [-0.2, 0) is 28.7 Å². The van der Waals surface area contributed by atoms with Gasteiger partial charge in [0.1, 0.15) is 17.9 Å². The van der Waals surface area contributed by atoms with Crippen LogP contribution in [0.1, 0.15) is 125 Å². The Morgan fingerprint density at radius 1 is 0.982 bits per heavy atom. The molecule has 302 valence electrons. The number of hydrogen-bond acceptors (Lipinski definition) is 9. The number of nitrogens with two attached hydrogens (primary N) is 1. The predicted octanol–water partition coefficient (Wildman–Crippen LogP) is 9.14. The molecule has 0 radical (unpaired) electrons. The van der Waals surface area contributed by atoms with Crippen molar-refractivity contribution >= 4 is 41.5 Å². The van der Waals surface area contributed by atoms with Gasteiger partial charge in [0.2, 0.25) is 0 Å². The van der Waals surface area contributed by atoms with Gasteiger partial charge in [0.15, 0.2) is 5.78 Å². The first kappa shape index (κ1) is 41.7. The average molecular weight is 776 g/mol. The number of carbonyl (C=O) groups is 4. The highest BCUT2D eigenvalue weighted by Gasteiger charge is 2.70. The molecule has 1 aromatic rings. The van der Waals surface area contributed by atoms with Gasteiger partial charge in [-0.3, -0.25) is 14.4 Å². The maximum Gasteiger partial charge on any atom is 0.330 e. The Labute approximate surface area is 333 Å².